The lowest BCUT2D eigenvalue weighted by molar-refractivity contribution is -0.154. The number of likely N-dealkylation sites (tertiary alicyclic amines) is 1. The fourth-order valence-electron chi connectivity index (χ4n) is 2.66. The van der Waals surface area contributed by atoms with Gasteiger partial charge in [-0.15, -0.1) is 6.58 Å². The zero-order valence-corrected chi connectivity index (χ0v) is 13.5. The number of hydrogen-bond acceptors (Lipinski definition) is 4. The van der Waals surface area contributed by atoms with Crippen molar-refractivity contribution in [2.75, 3.05) is 13.2 Å². The minimum Gasteiger partial charge on any atom is -0.464 e. The second-order valence-corrected chi connectivity index (χ2v) is 5.78. The number of benzene rings is 1. The van der Waals surface area contributed by atoms with E-state index in [2.05, 4.69) is 6.58 Å². The molecule has 1 unspecified atom stereocenters. The van der Waals surface area contributed by atoms with Gasteiger partial charge < -0.3 is 9.47 Å². The van der Waals surface area contributed by atoms with E-state index in [1.807, 2.05) is 30.3 Å². The largest absolute Gasteiger partial charge is 0.464 e. The Labute approximate surface area is 136 Å². The van der Waals surface area contributed by atoms with Crippen LogP contribution in [0.2, 0.25) is 0 Å². The van der Waals surface area contributed by atoms with Crippen LogP contribution in [0, 0.1) is 0 Å². The summed E-state index contributed by atoms with van der Waals surface area (Å²) in [7, 11) is 0. The molecule has 1 aromatic rings. The second kappa shape index (κ2) is 7.81. The van der Waals surface area contributed by atoms with E-state index in [9.17, 15) is 9.59 Å². The molecule has 0 aromatic heterocycles. The third kappa shape index (κ3) is 4.12. The molecule has 1 atom stereocenters. The van der Waals surface area contributed by atoms with Gasteiger partial charge in [0, 0.05) is 6.54 Å². The van der Waals surface area contributed by atoms with Crippen LogP contribution >= 0.6 is 0 Å². The van der Waals surface area contributed by atoms with E-state index < -0.39 is 11.6 Å². The van der Waals surface area contributed by atoms with Gasteiger partial charge in [0.15, 0.2) is 0 Å². The Balaban J connectivity index is 1.95. The third-order valence-electron chi connectivity index (χ3n) is 4.06. The molecule has 2 rings (SSSR count). The zero-order valence-electron chi connectivity index (χ0n) is 13.5. The summed E-state index contributed by atoms with van der Waals surface area (Å²) in [4.78, 5) is 26.2. The number of carbonyl (C=O) groups excluding carboxylic acids is 2. The van der Waals surface area contributed by atoms with Crippen molar-refractivity contribution < 1.29 is 19.1 Å². The van der Waals surface area contributed by atoms with Gasteiger partial charge in [-0.25, -0.2) is 9.59 Å². The van der Waals surface area contributed by atoms with Crippen LogP contribution in [0.5, 0.6) is 0 Å². The zero-order chi connectivity index (χ0) is 16.7. The molecule has 23 heavy (non-hydrogen) atoms. The van der Waals surface area contributed by atoms with Crippen molar-refractivity contribution >= 4 is 12.1 Å². The maximum Gasteiger partial charge on any atom is 0.411 e. The fourth-order valence-corrected chi connectivity index (χ4v) is 2.66. The van der Waals surface area contributed by atoms with E-state index >= 15 is 0 Å². The molecule has 0 bridgehead atoms. The first kappa shape index (κ1) is 17.1. The van der Waals surface area contributed by atoms with E-state index in [0.717, 1.165) is 12.0 Å². The lowest BCUT2D eigenvalue weighted by Crippen LogP contribution is -2.51. The van der Waals surface area contributed by atoms with Crippen LogP contribution in [0.15, 0.2) is 43.0 Å². The highest BCUT2D eigenvalue weighted by Gasteiger charge is 2.47. The Kier molecular flexibility index (Phi) is 5.79. The molecule has 0 N–H and O–H groups in total. The van der Waals surface area contributed by atoms with E-state index in [1.165, 1.54) is 4.90 Å². The van der Waals surface area contributed by atoms with Gasteiger partial charge in [-0.3, -0.25) is 4.90 Å². The average molecular weight is 317 g/mol. The smallest absolute Gasteiger partial charge is 0.411 e. The predicted octanol–water partition coefficient (Wildman–Crippen LogP) is 3.30. The number of ether oxygens (including phenoxy) is 2. The molecule has 5 nitrogen and oxygen atoms in total. The fraction of sp³-hybridized carbons (Fsp3) is 0.444. The quantitative estimate of drug-likeness (QED) is 0.459. The van der Waals surface area contributed by atoms with Gasteiger partial charge in [0.05, 0.1) is 6.61 Å². The van der Waals surface area contributed by atoms with Crippen molar-refractivity contribution in [3.63, 3.8) is 0 Å². The van der Waals surface area contributed by atoms with Crippen molar-refractivity contribution in [1.82, 2.24) is 4.90 Å². The molecular formula is C18H23NO4. The third-order valence-corrected chi connectivity index (χ3v) is 4.06. The molecule has 5 heteroatoms. The summed E-state index contributed by atoms with van der Waals surface area (Å²) in [5.41, 5.74) is -0.0371. The van der Waals surface area contributed by atoms with E-state index in [-0.39, 0.29) is 19.2 Å². The van der Waals surface area contributed by atoms with Crippen LogP contribution in [0.3, 0.4) is 0 Å². The summed E-state index contributed by atoms with van der Waals surface area (Å²) >= 11 is 0. The van der Waals surface area contributed by atoms with Crippen molar-refractivity contribution in [2.24, 2.45) is 0 Å². The number of carbonyl (C=O) groups is 2. The van der Waals surface area contributed by atoms with Crippen molar-refractivity contribution in [1.29, 1.82) is 0 Å². The van der Waals surface area contributed by atoms with Crippen LogP contribution in [0.4, 0.5) is 4.79 Å². The second-order valence-electron chi connectivity index (χ2n) is 5.78. The van der Waals surface area contributed by atoms with E-state index in [4.69, 9.17) is 9.47 Å². The minimum atomic E-state index is -0.949. The van der Waals surface area contributed by atoms with Gasteiger partial charge in [0.25, 0.3) is 0 Å². The summed E-state index contributed by atoms with van der Waals surface area (Å²) in [5.74, 6) is -0.381. The number of esters is 1. The lowest BCUT2D eigenvalue weighted by Gasteiger charge is -2.32. The Morgan fingerprint density at radius 3 is 2.74 bits per heavy atom. The highest BCUT2D eigenvalue weighted by atomic mass is 16.6. The van der Waals surface area contributed by atoms with Crippen molar-refractivity contribution in [3.05, 3.63) is 48.6 Å². The van der Waals surface area contributed by atoms with Crippen LogP contribution in [-0.4, -0.2) is 35.7 Å². The number of amides is 1. The molecule has 1 aliphatic heterocycles. The normalized spacial score (nSPS) is 20.1. The van der Waals surface area contributed by atoms with Crippen molar-refractivity contribution in [3.8, 4) is 0 Å². The number of nitrogens with zero attached hydrogens (tertiary/aromatic N) is 1. The Morgan fingerprint density at radius 1 is 1.30 bits per heavy atom. The highest BCUT2D eigenvalue weighted by molar-refractivity contribution is 5.86. The average Bonchev–Trinajstić information content (AvgIpc) is 2.97. The lowest BCUT2D eigenvalue weighted by atomic mass is 9.99. The van der Waals surface area contributed by atoms with E-state index in [0.29, 0.717) is 19.4 Å². The standard InChI is InChI=1S/C18H23NO4/c1-3-4-13-22-16(20)18(2)11-8-12-19(18)17(21)23-14-15-9-6-5-7-10-15/h3,5-7,9-10H,1,4,8,11-14H2,2H3. The first-order valence-corrected chi connectivity index (χ1v) is 7.84. The summed E-state index contributed by atoms with van der Waals surface area (Å²) < 4.78 is 10.6. The SMILES string of the molecule is C=CCCOC(=O)C1(C)CCCN1C(=O)OCc1ccccc1. The first-order valence-electron chi connectivity index (χ1n) is 7.84. The van der Waals surface area contributed by atoms with Crippen LogP contribution < -0.4 is 0 Å². The van der Waals surface area contributed by atoms with Gasteiger partial charge in [0.2, 0.25) is 0 Å². The molecule has 1 aromatic carbocycles. The molecule has 1 saturated heterocycles. The Hall–Kier alpha value is -2.30. The molecule has 0 spiro atoms. The molecular weight excluding hydrogens is 294 g/mol. The number of hydrogen-bond donors (Lipinski definition) is 0. The van der Waals surface area contributed by atoms with Crippen LogP contribution in [0.25, 0.3) is 0 Å². The molecule has 0 radical (unpaired) electrons. The number of rotatable bonds is 6. The molecule has 1 heterocycles. The first-order chi connectivity index (χ1) is 11.1. The van der Waals surface area contributed by atoms with Crippen molar-refractivity contribution in [2.45, 2.75) is 38.3 Å². The van der Waals surface area contributed by atoms with Crippen LogP contribution in [-0.2, 0) is 20.9 Å². The Morgan fingerprint density at radius 2 is 2.04 bits per heavy atom. The molecule has 0 saturated carbocycles. The molecule has 1 fully saturated rings. The summed E-state index contributed by atoms with van der Waals surface area (Å²) in [6.07, 6.45) is 3.15. The highest BCUT2D eigenvalue weighted by Crippen LogP contribution is 2.31. The Bertz CT molecular complexity index is 557. The summed E-state index contributed by atoms with van der Waals surface area (Å²) in [6, 6.07) is 9.46. The van der Waals surface area contributed by atoms with Gasteiger partial charge in [-0.05, 0) is 31.7 Å². The predicted molar refractivity (Wildman–Crippen MR) is 86.7 cm³/mol. The van der Waals surface area contributed by atoms with Gasteiger partial charge >= 0.3 is 12.1 Å². The van der Waals surface area contributed by atoms with Crippen LogP contribution in [0.1, 0.15) is 31.7 Å². The topological polar surface area (TPSA) is 55.8 Å². The monoisotopic (exact) mass is 317 g/mol. The molecule has 0 aliphatic carbocycles. The minimum absolute atomic E-state index is 0.192. The van der Waals surface area contributed by atoms with Gasteiger partial charge in [-0.1, -0.05) is 36.4 Å². The van der Waals surface area contributed by atoms with Gasteiger partial charge in [-0.2, -0.15) is 0 Å². The maximum absolute atomic E-state index is 12.3. The van der Waals surface area contributed by atoms with E-state index in [1.54, 1.807) is 13.0 Å². The summed E-state index contributed by atoms with van der Waals surface area (Å²) in [5, 5.41) is 0. The maximum atomic E-state index is 12.3. The molecule has 1 amide bonds. The molecule has 1 aliphatic rings. The molecule has 124 valence electrons. The van der Waals surface area contributed by atoms with Gasteiger partial charge in [0.1, 0.15) is 12.1 Å². The summed E-state index contributed by atoms with van der Waals surface area (Å²) in [6.45, 7) is 6.30.